The van der Waals surface area contributed by atoms with Gasteiger partial charge in [-0.3, -0.25) is 4.79 Å². The van der Waals surface area contributed by atoms with E-state index in [9.17, 15) is 4.79 Å². The lowest BCUT2D eigenvalue weighted by Gasteiger charge is -2.27. The third-order valence-corrected chi connectivity index (χ3v) is 3.62. The van der Waals surface area contributed by atoms with Crippen LogP contribution in [0.1, 0.15) is 12.5 Å². The number of rotatable bonds is 2. The molecule has 1 aromatic rings. The third kappa shape index (κ3) is 3.26. The molecule has 4 heteroatoms. The van der Waals surface area contributed by atoms with Gasteiger partial charge in [0, 0.05) is 31.6 Å². The lowest BCUT2D eigenvalue weighted by Crippen LogP contribution is -2.41. The predicted molar refractivity (Wildman–Crippen MR) is 75.3 cm³/mol. The molecule has 104 valence electrons. The molecule has 2 rings (SSSR count). The highest BCUT2D eigenvalue weighted by Gasteiger charge is 2.25. The minimum absolute atomic E-state index is 0.0690. The van der Waals surface area contributed by atoms with Gasteiger partial charge in [-0.2, -0.15) is 0 Å². The maximum absolute atomic E-state index is 12.1. The van der Waals surface area contributed by atoms with Gasteiger partial charge in [-0.05, 0) is 13.1 Å². The first-order valence-electron chi connectivity index (χ1n) is 6.75. The van der Waals surface area contributed by atoms with E-state index in [1.54, 1.807) is 4.90 Å². The summed E-state index contributed by atoms with van der Waals surface area (Å²) >= 11 is 0. The number of nitrogens with zero attached hydrogens (tertiary/aromatic N) is 1. The quantitative estimate of drug-likeness (QED) is 0.873. The molecule has 0 fully saturated rings. The van der Waals surface area contributed by atoms with Crippen LogP contribution in [0.15, 0.2) is 24.3 Å². The van der Waals surface area contributed by atoms with Gasteiger partial charge in [0.1, 0.15) is 11.9 Å². The number of nitrogens with one attached hydrogen (secondary N) is 1. The first kappa shape index (κ1) is 13.9. The summed E-state index contributed by atoms with van der Waals surface area (Å²) in [6.45, 7) is 3.62. The standard InChI is InChI=1S/C15H22N2O2/c1-11-10-17(3)15(18)8-12-6-4-5-7-13(12)19-14(11)9-16-2/h4-7,11,14,16H,8-10H2,1-3H3/t11-,14+/m1/s1. The molecule has 0 bridgehead atoms. The van der Waals surface area contributed by atoms with Crippen molar-refractivity contribution in [1.82, 2.24) is 10.2 Å². The SMILES string of the molecule is CNC[C@@H]1Oc2ccccc2CC(=O)N(C)C[C@H]1C. The fraction of sp³-hybridized carbons (Fsp3) is 0.533. The first-order chi connectivity index (χ1) is 9.11. The van der Waals surface area contributed by atoms with E-state index in [4.69, 9.17) is 4.74 Å². The average Bonchev–Trinajstić information content (AvgIpc) is 2.42. The smallest absolute Gasteiger partial charge is 0.226 e. The number of likely N-dealkylation sites (N-methyl/N-ethyl adjacent to an activating group) is 2. The van der Waals surface area contributed by atoms with E-state index in [0.29, 0.717) is 6.42 Å². The van der Waals surface area contributed by atoms with E-state index in [2.05, 4.69) is 12.2 Å². The molecule has 0 radical (unpaired) electrons. The van der Waals surface area contributed by atoms with Gasteiger partial charge in [-0.25, -0.2) is 0 Å². The molecule has 1 N–H and O–H groups in total. The van der Waals surface area contributed by atoms with Crippen LogP contribution in [-0.2, 0) is 11.2 Å². The first-order valence-corrected chi connectivity index (χ1v) is 6.75. The lowest BCUT2D eigenvalue weighted by molar-refractivity contribution is -0.129. The fourth-order valence-corrected chi connectivity index (χ4v) is 2.44. The highest BCUT2D eigenvalue weighted by Crippen LogP contribution is 2.24. The van der Waals surface area contributed by atoms with Crippen molar-refractivity contribution in [2.75, 3.05) is 27.2 Å². The second kappa shape index (κ2) is 6.06. The number of hydrogen-bond acceptors (Lipinski definition) is 3. The van der Waals surface area contributed by atoms with Crippen LogP contribution in [-0.4, -0.2) is 44.1 Å². The van der Waals surface area contributed by atoms with Gasteiger partial charge < -0.3 is 15.0 Å². The Morgan fingerprint density at radius 1 is 1.42 bits per heavy atom. The Morgan fingerprint density at radius 3 is 2.89 bits per heavy atom. The summed E-state index contributed by atoms with van der Waals surface area (Å²) in [4.78, 5) is 14.0. The van der Waals surface area contributed by atoms with E-state index >= 15 is 0 Å². The zero-order valence-electron chi connectivity index (χ0n) is 11.8. The number of benzene rings is 1. The summed E-state index contributed by atoms with van der Waals surface area (Å²) in [6.07, 6.45) is 0.477. The molecular formula is C15H22N2O2. The summed E-state index contributed by atoms with van der Waals surface area (Å²) < 4.78 is 6.12. The molecule has 0 aromatic heterocycles. The van der Waals surface area contributed by atoms with Crippen LogP contribution >= 0.6 is 0 Å². The summed E-state index contributed by atoms with van der Waals surface area (Å²) in [5, 5.41) is 3.16. The van der Waals surface area contributed by atoms with Gasteiger partial charge in [-0.1, -0.05) is 25.1 Å². The fourth-order valence-electron chi connectivity index (χ4n) is 2.44. The molecule has 19 heavy (non-hydrogen) atoms. The maximum Gasteiger partial charge on any atom is 0.226 e. The topological polar surface area (TPSA) is 41.6 Å². The van der Waals surface area contributed by atoms with Crippen molar-refractivity contribution in [2.24, 2.45) is 5.92 Å². The zero-order chi connectivity index (χ0) is 13.8. The van der Waals surface area contributed by atoms with Gasteiger partial charge >= 0.3 is 0 Å². The summed E-state index contributed by atoms with van der Waals surface area (Å²) in [5.74, 6) is 1.26. The van der Waals surface area contributed by atoms with Crippen molar-refractivity contribution in [1.29, 1.82) is 0 Å². The monoisotopic (exact) mass is 262 g/mol. The van der Waals surface area contributed by atoms with E-state index < -0.39 is 0 Å². The van der Waals surface area contributed by atoms with Crippen LogP contribution in [0, 0.1) is 5.92 Å². The van der Waals surface area contributed by atoms with Crippen molar-refractivity contribution in [3.63, 3.8) is 0 Å². The van der Waals surface area contributed by atoms with Crippen molar-refractivity contribution >= 4 is 5.91 Å². The van der Waals surface area contributed by atoms with Crippen LogP contribution in [0.25, 0.3) is 0 Å². The maximum atomic E-state index is 12.1. The van der Waals surface area contributed by atoms with Gasteiger partial charge in [-0.15, -0.1) is 0 Å². The summed E-state index contributed by atoms with van der Waals surface area (Å²) in [6, 6.07) is 7.81. The van der Waals surface area contributed by atoms with Gasteiger partial charge in [0.25, 0.3) is 0 Å². The molecule has 4 nitrogen and oxygen atoms in total. The molecule has 1 aromatic carbocycles. The number of ether oxygens (including phenoxy) is 1. The second-order valence-electron chi connectivity index (χ2n) is 5.25. The minimum Gasteiger partial charge on any atom is -0.488 e. The zero-order valence-corrected chi connectivity index (χ0v) is 11.8. The van der Waals surface area contributed by atoms with Gasteiger partial charge in [0.05, 0.1) is 6.42 Å². The molecule has 1 heterocycles. The molecule has 1 aliphatic heterocycles. The molecule has 1 aliphatic rings. The predicted octanol–water partition coefficient (Wildman–Crippen LogP) is 1.30. The Balaban J connectivity index is 2.32. The van der Waals surface area contributed by atoms with Crippen molar-refractivity contribution in [2.45, 2.75) is 19.4 Å². The van der Waals surface area contributed by atoms with Crippen molar-refractivity contribution in [3.05, 3.63) is 29.8 Å². The molecule has 0 spiro atoms. The third-order valence-electron chi connectivity index (χ3n) is 3.62. The number of hydrogen-bond donors (Lipinski definition) is 1. The van der Waals surface area contributed by atoms with Crippen molar-refractivity contribution < 1.29 is 9.53 Å². The molecule has 0 saturated carbocycles. The average molecular weight is 262 g/mol. The molecule has 0 aliphatic carbocycles. The number of fused-ring (bicyclic) bond motifs is 1. The lowest BCUT2D eigenvalue weighted by atomic mass is 10.0. The van der Waals surface area contributed by atoms with E-state index in [1.807, 2.05) is 38.4 Å². The molecule has 2 atom stereocenters. The Bertz CT molecular complexity index is 448. The Hall–Kier alpha value is -1.55. The Labute approximate surface area is 114 Å². The van der Waals surface area contributed by atoms with E-state index in [1.165, 1.54) is 0 Å². The number of carbonyl (C=O) groups is 1. The molecule has 0 unspecified atom stereocenters. The minimum atomic E-state index is 0.0690. The van der Waals surface area contributed by atoms with Gasteiger partial charge in [0.2, 0.25) is 5.91 Å². The van der Waals surface area contributed by atoms with Crippen LogP contribution in [0.5, 0.6) is 5.75 Å². The molecular weight excluding hydrogens is 240 g/mol. The van der Waals surface area contributed by atoms with Crippen molar-refractivity contribution in [3.8, 4) is 5.75 Å². The Morgan fingerprint density at radius 2 is 2.16 bits per heavy atom. The van der Waals surface area contributed by atoms with E-state index in [-0.39, 0.29) is 17.9 Å². The summed E-state index contributed by atoms with van der Waals surface area (Å²) in [5.41, 5.74) is 0.967. The number of carbonyl (C=O) groups excluding carboxylic acids is 1. The van der Waals surface area contributed by atoms with Crippen LogP contribution in [0.2, 0.25) is 0 Å². The largest absolute Gasteiger partial charge is 0.488 e. The second-order valence-corrected chi connectivity index (χ2v) is 5.25. The Kier molecular flexibility index (Phi) is 4.43. The van der Waals surface area contributed by atoms with Gasteiger partial charge in [0.15, 0.2) is 0 Å². The van der Waals surface area contributed by atoms with E-state index in [0.717, 1.165) is 24.4 Å². The highest BCUT2D eigenvalue weighted by molar-refractivity contribution is 5.79. The molecule has 1 amide bonds. The number of amides is 1. The normalized spacial score (nSPS) is 23.9. The molecule has 0 saturated heterocycles. The van der Waals surface area contributed by atoms with Crippen LogP contribution in [0.4, 0.5) is 0 Å². The highest BCUT2D eigenvalue weighted by atomic mass is 16.5. The van der Waals surface area contributed by atoms with Crippen LogP contribution in [0.3, 0.4) is 0 Å². The number of para-hydroxylation sites is 1. The summed E-state index contributed by atoms with van der Waals surface area (Å²) in [7, 11) is 3.78. The van der Waals surface area contributed by atoms with Crippen LogP contribution < -0.4 is 10.1 Å².